The van der Waals surface area contributed by atoms with Gasteiger partial charge in [-0.1, -0.05) is 6.07 Å². The number of nitrogens with two attached hydrogens (primary N) is 1. The lowest BCUT2D eigenvalue weighted by atomic mass is 9.98. The van der Waals surface area contributed by atoms with E-state index < -0.39 is 15.8 Å². The first-order chi connectivity index (χ1) is 9.94. The summed E-state index contributed by atoms with van der Waals surface area (Å²) in [6.07, 6.45) is 1.93. The highest BCUT2D eigenvalue weighted by Crippen LogP contribution is 2.20. The number of rotatable bonds is 5. The molecule has 0 saturated carbocycles. The Hall–Kier alpha value is -1.02. The standard InChI is InChI=1S/C14H22FN3O2S/c1-18-7-5-11(6-8-18)10-17-21(19,20)14-4-2-3-13(15)12(14)9-16/h2-4,11,17H,5-10,16H2,1H3. The summed E-state index contributed by atoms with van der Waals surface area (Å²) in [5.41, 5.74) is 5.50. The Morgan fingerprint density at radius 1 is 1.38 bits per heavy atom. The molecule has 3 N–H and O–H groups in total. The van der Waals surface area contributed by atoms with Crippen molar-refractivity contribution >= 4 is 10.0 Å². The minimum Gasteiger partial charge on any atom is -0.326 e. The summed E-state index contributed by atoms with van der Waals surface area (Å²) in [4.78, 5) is 2.17. The van der Waals surface area contributed by atoms with E-state index in [2.05, 4.69) is 16.7 Å². The predicted octanol–water partition coefficient (Wildman–Crippen LogP) is 0.904. The smallest absolute Gasteiger partial charge is 0.241 e. The number of likely N-dealkylation sites (tertiary alicyclic amines) is 1. The van der Waals surface area contributed by atoms with E-state index in [4.69, 9.17) is 5.73 Å². The second-order valence-electron chi connectivity index (χ2n) is 5.52. The van der Waals surface area contributed by atoms with Crippen molar-refractivity contribution in [1.82, 2.24) is 9.62 Å². The first-order valence-corrected chi connectivity index (χ1v) is 8.58. The normalized spacial score (nSPS) is 18.0. The molecule has 0 atom stereocenters. The Morgan fingerprint density at radius 3 is 2.67 bits per heavy atom. The van der Waals surface area contributed by atoms with Crippen molar-refractivity contribution in [1.29, 1.82) is 0 Å². The quantitative estimate of drug-likeness (QED) is 0.847. The van der Waals surface area contributed by atoms with E-state index in [0.717, 1.165) is 25.9 Å². The van der Waals surface area contributed by atoms with E-state index >= 15 is 0 Å². The fourth-order valence-electron chi connectivity index (χ4n) is 2.56. The van der Waals surface area contributed by atoms with Crippen molar-refractivity contribution in [2.45, 2.75) is 24.3 Å². The molecule has 1 fully saturated rings. The van der Waals surface area contributed by atoms with Gasteiger partial charge in [0.1, 0.15) is 5.82 Å². The molecule has 2 rings (SSSR count). The fourth-order valence-corrected chi connectivity index (χ4v) is 3.93. The minimum atomic E-state index is -3.72. The van der Waals surface area contributed by atoms with Gasteiger partial charge < -0.3 is 10.6 Å². The molecule has 7 heteroatoms. The third kappa shape index (κ3) is 4.00. The number of benzene rings is 1. The zero-order valence-corrected chi connectivity index (χ0v) is 13.0. The van der Waals surface area contributed by atoms with Crippen molar-refractivity contribution in [3.8, 4) is 0 Å². The van der Waals surface area contributed by atoms with Crippen molar-refractivity contribution in [2.24, 2.45) is 11.7 Å². The summed E-state index contributed by atoms with van der Waals surface area (Å²) in [5.74, 6) is -0.259. The maximum Gasteiger partial charge on any atom is 0.241 e. The molecule has 0 radical (unpaired) electrons. The highest BCUT2D eigenvalue weighted by molar-refractivity contribution is 7.89. The molecule has 5 nitrogen and oxygen atoms in total. The van der Waals surface area contributed by atoms with Crippen LogP contribution in [0.4, 0.5) is 4.39 Å². The van der Waals surface area contributed by atoms with E-state index in [9.17, 15) is 12.8 Å². The largest absolute Gasteiger partial charge is 0.326 e. The average Bonchev–Trinajstić information content (AvgIpc) is 2.46. The maximum absolute atomic E-state index is 13.6. The molecule has 0 aromatic heterocycles. The van der Waals surface area contributed by atoms with Gasteiger partial charge >= 0.3 is 0 Å². The van der Waals surface area contributed by atoms with Crippen LogP contribution in [0.25, 0.3) is 0 Å². The van der Waals surface area contributed by atoms with E-state index in [1.807, 2.05) is 0 Å². The van der Waals surface area contributed by atoms with Crippen LogP contribution in [0.1, 0.15) is 18.4 Å². The molecule has 1 aliphatic heterocycles. The Balaban J connectivity index is 2.07. The van der Waals surface area contributed by atoms with Crippen LogP contribution < -0.4 is 10.5 Å². The molecule has 1 aliphatic rings. The number of hydrogen-bond acceptors (Lipinski definition) is 4. The van der Waals surface area contributed by atoms with Gasteiger partial charge in [0.2, 0.25) is 10.0 Å². The van der Waals surface area contributed by atoms with Crippen LogP contribution in [0.2, 0.25) is 0 Å². The van der Waals surface area contributed by atoms with Crippen molar-refractivity contribution in [3.63, 3.8) is 0 Å². The van der Waals surface area contributed by atoms with Crippen LogP contribution in [-0.4, -0.2) is 40.0 Å². The van der Waals surface area contributed by atoms with E-state index in [1.165, 1.54) is 18.2 Å². The molecule has 1 aromatic rings. The lowest BCUT2D eigenvalue weighted by Crippen LogP contribution is -2.37. The number of nitrogens with one attached hydrogen (secondary N) is 1. The molecule has 0 unspecified atom stereocenters. The van der Waals surface area contributed by atoms with Crippen LogP contribution in [-0.2, 0) is 16.6 Å². The Bertz CT molecular complexity index is 584. The molecule has 1 saturated heterocycles. The van der Waals surface area contributed by atoms with Gasteiger partial charge in [0, 0.05) is 18.7 Å². The molecule has 0 amide bonds. The fraction of sp³-hybridized carbons (Fsp3) is 0.571. The summed E-state index contributed by atoms with van der Waals surface area (Å²) in [5, 5.41) is 0. The number of piperidine rings is 1. The van der Waals surface area contributed by atoms with Gasteiger partial charge in [-0.05, 0) is 51.0 Å². The zero-order valence-electron chi connectivity index (χ0n) is 12.2. The SMILES string of the molecule is CN1CCC(CNS(=O)(=O)c2cccc(F)c2CN)CC1. The lowest BCUT2D eigenvalue weighted by Gasteiger charge is -2.29. The highest BCUT2D eigenvalue weighted by Gasteiger charge is 2.23. The van der Waals surface area contributed by atoms with Crippen molar-refractivity contribution in [3.05, 3.63) is 29.6 Å². The van der Waals surface area contributed by atoms with E-state index in [-0.39, 0.29) is 17.0 Å². The Kier molecular flexibility index (Phi) is 5.32. The third-order valence-electron chi connectivity index (χ3n) is 3.97. The summed E-state index contributed by atoms with van der Waals surface area (Å²) in [6, 6.07) is 4.00. The van der Waals surface area contributed by atoms with Gasteiger partial charge in [-0.2, -0.15) is 0 Å². The van der Waals surface area contributed by atoms with Crippen molar-refractivity contribution in [2.75, 3.05) is 26.7 Å². The highest BCUT2D eigenvalue weighted by atomic mass is 32.2. The molecule has 0 aliphatic carbocycles. The Morgan fingerprint density at radius 2 is 2.05 bits per heavy atom. The molecule has 1 aromatic carbocycles. The van der Waals surface area contributed by atoms with Gasteiger partial charge in [0.25, 0.3) is 0 Å². The number of hydrogen-bond donors (Lipinski definition) is 2. The molecule has 0 spiro atoms. The van der Waals surface area contributed by atoms with Gasteiger partial charge in [-0.3, -0.25) is 0 Å². The first kappa shape index (κ1) is 16.4. The summed E-state index contributed by atoms with van der Waals surface area (Å²) >= 11 is 0. The lowest BCUT2D eigenvalue weighted by molar-refractivity contribution is 0.220. The van der Waals surface area contributed by atoms with Crippen LogP contribution in [0.5, 0.6) is 0 Å². The molecular formula is C14H22FN3O2S. The van der Waals surface area contributed by atoms with Crippen LogP contribution in [0.15, 0.2) is 23.1 Å². The number of halogens is 1. The van der Waals surface area contributed by atoms with E-state index in [0.29, 0.717) is 12.5 Å². The predicted molar refractivity (Wildman–Crippen MR) is 79.7 cm³/mol. The molecule has 0 bridgehead atoms. The second kappa shape index (κ2) is 6.83. The zero-order chi connectivity index (χ0) is 15.5. The van der Waals surface area contributed by atoms with E-state index in [1.54, 1.807) is 0 Å². The number of sulfonamides is 1. The summed E-state index contributed by atoms with van der Waals surface area (Å²) < 4.78 is 40.9. The summed E-state index contributed by atoms with van der Waals surface area (Å²) in [6.45, 7) is 2.19. The van der Waals surface area contributed by atoms with Gasteiger partial charge in [-0.25, -0.2) is 17.5 Å². The van der Waals surface area contributed by atoms with Crippen LogP contribution >= 0.6 is 0 Å². The molecule has 118 valence electrons. The monoisotopic (exact) mass is 315 g/mol. The molecule has 1 heterocycles. The molecular weight excluding hydrogens is 293 g/mol. The third-order valence-corrected chi connectivity index (χ3v) is 5.48. The van der Waals surface area contributed by atoms with Crippen molar-refractivity contribution < 1.29 is 12.8 Å². The van der Waals surface area contributed by atoms with Gasteiger partial charge in [-0.15, -0.1) is 0 Å². The maximum atomic E-state index is 13.6. The van der Waals surface area contributed by atoms with Crippen LogP contribution in [0.3, 0.4) is 0 Å². The van der Waals surface area contributed by atoms with Gasteiger partial charge in [0.15, 0.2) is 0 Å². The molecule has 21 heavy (non-hydrogen) atoms. The number of nitrogens with zero attached hydrogens (tertiary/aromatic N) is 1. The summed E-state index contributed by atoms with van der Waals surface area (Å²) in [7, 11) is -1.67. The van der Waals surface area contributed by atoms with Crippen LogP contribution in [0, 0.1) is 11.7 Å². The minimum absolute atomic E-state index is 0.0355. The first-order valence-electron chi connectivity index (χ1n) is 7.09. The second-order valence-corrected chi connectivity index (χ2v) is 7.25. The average molecular weight is 315 g/mol. The Labute approximate surface area is 125 Å². The van der Waals surface area contributed by atoms with Gasteiger partial charge in [0.05, 0.1) is 4.90 Å². The topological polar surface area (TPSA) is 75.4 Å².